The van der Waals surface area contributed by atoms with Crippen molar-refractivity contribution in [2.45, 2.75) is 95.7 Å². The average molecular weight is 554 g/mol. The SMILES string of the molecule is CC(C)(C)OC(=O)N[C@]1(C(=O)OC(C)(C)C)C2C([C@@H]2C(=O)OC(C)(C)C)[C@H](O)[C@H]1CSc1ccc(F)cc1. The zero-order chi connectivity index (χ0) is 28.8. The summed E-state index contributed by atoms with van der Waals surface area (Å²) in [5, 5.41) is 14.2. The van der Waals surface area contributed by atoms with Crippen LogP contribution >= 0.6 is 11.8 Å². The summed E-state index contributed by atoms with van der Waals surface area (Å²) >= 11 is 1.31. The molecule has 6 atom stereocenters. The summed E-state index contributed by atoms with van der Waals surface area (Å²) in [5.74, 6) is -4.50. The number of fused-ring (bicyclic) bond motifs is 1. The van der Waals surface area contributed by atoms with Gasteiger partial charge in [-0.1, -0.05) is 0 Å². The van der Waals surface area contributed by atoms with Crippen LogP contribution in [0.1, 0.15) is 62.3 Å². The molecule has 0 radical (unpaired) electrons. The van der Waals surface area contributed by atoms with Gasteiger partial charge in [0.15, 0.2) is 5.54 Å². The molecule has 10 heteroatoms. The van der Waals surface area contributed by atoms with Gasteiger partial charge in [-0.3, -0.25) is 4.79 Å². The highest BCUT2D eigenvalue weighted by Crippen LogP contribution is 2.66. The van der Waals surface area contributed by atoms with Crippen LogP contribution in [0.25, 0.3) is 0 Å². The van der Waals surface area contributed by atoms with Crippen molar-refractivity contribution >= 4 is 29.8 Å². The number of carbonyl (C=O) groups is 3. The van der Waals surface area contributed by atoms with Crippen molar-refractivity contribution < 1.29 is 38.1 Å². The van der Waals surface area contributed by atoms with E-state index in [9.17, 15) is 23.9 Å². The third-order valence-corrected chi connectivity index (χ3v) is 7.49. The summed E-state index contributed by atoms with van der Waals surface area (Å²) in [6.07, 6.45) is -1.98. The second-order valence-electron chi connectivity index (χ2n) is 13.0. The molecule has 38 heavy (non-hydrogen) atoms. The molecule has 2 saturated carbocycles. The molecule has 3 rings (SSSR count). The van der Waals surface area contributed by atoms with Gasteiger partial charge in [-0.2, -0.15) is 0 Å². The summed E-state index contributed by atoms with van der Waals surface area (Å²) in [6.45, 7) is 15.4. The molecular weight excluding hydrogens is 513 g/mol. The second kappa shape index (κ2) is 10.3. The maximum Gasteiger partial charge on any atom is 0.408 e. The van der Waals surface area contributed by atoms with Crippen LogP contribution in [0.3, 0.4) is 0 Å². The van der Waals surface area contributed by atoms with E-state index in [2.05, 4.69) is 5.32 Å². The normalized spacial score (nSPS) is 28.8. The first-order valence-corrected chi connectivity index (χ1v) is 13.8. The van der Waals surface area contributed by atoms with Gasteiger partial charge in [-0.25, -0.2) is 14.0 Å². The Morgan fingerprint density at radius 2 is 1.45 bits per heavy atom. The molecule has 8 nitrogen and oxygen atoms in total. The first kappa shape index (κ1) is 30.2. The number of thioether (sulfide) groups is 1. The smallest absolute Gasteiger partial charge is 0.408 e. The molecule has 0 aromatic heterocycles. The van der Waals surface area contributed by atoms with E-state index >= 15 is 0 Å². The Balaban J connectivity index is 2.04. The minimum absolute atomic E-state index is 0.190. The van der Waals surface area contributed by atoms with E-state index < -0.39 is 70.1 Å². The van der Waals surface area contributed by atoms with Gasteiger partial charge in [0.2, 0.25) is 0 Å². The van der Waals surface area contributed by atoms with E-state index in [1.807, 2.05) is 0 Å². The molecule has 0 spiro atoms. The van der Waals surface area contributed by atoms with Gasteiger partial charge in [0.1, 0.15) is 22.6 Å². The predicted octanol–water partition coefficient (Wildman–Crippen LogP) is 4.72. The number of esters is 2. The van der Waals surface area contributed by atoms with Gasteiger partial charge in [-0.15, -0.1) is 11.8 Å². The van der Waals surface area contributed by atoms with Crippen molar-refractivity contribution in [3.63, 3.8) is 0 Å². The van der Waals surface area contributed by atoms with Crippen molar-refractivity contribution in [1.29, 1.82) is 0 Å². The van der Waals surface area contributed by atoms with Crippen molar-refractivity contribution in [1.82, 2.24) is 5.32 Å². The minimum atomic E-state index is -1.76. The molecule has 0 bridgehead atoms. The van der Waals surface area contributed by atoms with Gasteiger partial charge >= 0.3 is 18.0 Å². The number of halogens is 1. The Bertz CT molecular complexity index is 1060. The Kier molecular flexibility index (Phi) is 8.22. The zero-order valence-electron chi connectivity index (χ0n) is 23.6. The molecule has 0 aliphatic heterocycles. The second-order valence-corrected chi connectivity index (χ2v) is 14.1. The Labute approximate surface area is 228 Å². The Hall–Kier alpha value is -2.33. The van der Waals surface area contributed by atoms with Gasteiger partial charge in [0.05, 0.1) is 12.0 Å². The number of amides is 1. The molecule has 2 N–H and O–H groups in total. The van der Waals surface area contributed by atoms with E-state index in [1.54, 1.807) is 74.4 Å². The third-order valence-electron chi connectivity index (χ3n) is 6.36. The number of aliphatic hydroxyl groups is 1. The molecule has 2 fully saturated rings. The number of benzene rings is 1. The highest BCUT2D eigenvalue weighted by molar-refractivity contribution is 7.99. The standard InChI is InChI=1S/C28H40FNO7S/c1-25(2,3)35-22(32)19-18-20(19)28(23(33)36-26(4,5)6,30-24(34)37-27(7,8)9)17(21(18)31)14-38-16-12-10-15(29)11-13-16/h10-13,17-21,31H,14H2,1-9H3,(H,30,34)/t17-,18?,19+,20?,21-,28+/m1/s1. The molecule has 1 amide bonds. The Morgan fingerprint density at radius 1 is 0.921 bits per heavy atom. The number of aliphatic hydroxyl groups excluding tert-OH is 1. The van der Waals surface area contributed by atoms with Crippen LogP contribution < -0.4 is 5.32 Å². The van der Waals surface area contributed by atoms with E-state index in [0.29, 0.717) is 0 Å². The first-order valence-electron chi connectivity index (χ1n) is 12.8. The summed E-state index contributed by atoms with van der Waals surface area (Å²) in [5.41, 5.74) is -4.30. The van der Waals surface area contributed by atoms with E-state index in [4.69, 9.17) is 14.2 Å². The van der Waals surface area contributed by atoms with Gasteiger partial charge in [0.25, 0.3) is 0 Å². The van der Waals surface area contributed by atoms with Crippen molar-refractivity contribution in [2.75, 3.05) is 5.75 Å². The summed E-state index contributed by atoms with van der Waals surface area (Å²) in [4.78, 5) is 41.0. The van der Waals surface area contributed by atoms with Gasteiger partial charge in [0, 0.05) is 28.4 Å². The van der Waals surface area contributed by atoms with Crippen molar-refractivity contribution in [3.8, 4) is 0 Å². The fourth-order valence-electron chi connectivity index (χ4n) is 5.10. The third kappa shape index (κ3) is 6.81. The number of alkyl carbamates (subject to hydrolysis) is 1. The van der Waals surface area contributed by atoms with Crippen LogP contribution in [0.4, 0.5) is 9.18 Å². The molecule has 0 heterocycles. The van der Waals surface area contributed by atoms with Crippen LogP contribution in [0.5, 0.6) is 0 Å². The lowest BCUT2D eigenvalue weighted by Crippen LogP contribution is -2.64. The largest absolute Gasteiger partial charge is 0.460 e. The lowest BCUT2D eigenvalue weighted by Gasteiger charge is -2.40. The van der Waals surface area contributed by atoms with Crippen LogP contribution in [0.15, 0.2) is 29.2 Å². The van der Waals surface area contributed by atoms with Crippen molar-refractivity contribution in [2.24, 2.45) is 23.7 Å². The Morgan fingerprint density at radius 3 is 1.95 bits per heavy atom. The summed E-state index contributed by atoms with van der Waals surface area (Å²) in [6, 6.07) is 5.84. The van der Waals surface area contributed by atoms with Crippen LogP contribution in [-0.4, -0.2) is 57.3 Å². The monoisotopic (exact) mass is 553 g/mol. The molecular formula is C28H40FNO7S. The number of hydrogen-bond acceptors (Lipinski definition) is 8. The van der Waals surface area contributed by atoms with Crippen LogP contribution in [0, 0.1) is 29.5 Å². The summed E-state index contributed by atoms with van der Waals surface area (Å²) < 4.78 is 30.3. The molecule has 1 aromatic carbocycles. The molecule has 2 aliphatic carbocycles. The van der Waals surface area contributed by atoms with Gasteiger partial charge < -0.3 is 24.6 Å². The molecule has 0 saturated heterocycles. The van der Waals surface area contributed by atoms with Gasteiger partial charge in [-0.05, 0) is 86.6 Å². The highest BCUT2D eigenvalue weighted by Gasteiger charge is 2.80. The number of nitrogens with one attached hydrogen (secondary N) is 1. The topological polar surface area (TPSA) is 111 Å². The van der Waals surface area contributed by atoms with Crippen LogP contribution in [0.2, 0.25) is 0 Å². The minimum Gasteiger partial charge on any atom is -0.460 e. The number of ether oxygens (including phenoxy) is 3. The first-order chi connectivity index (χ1) is 17.2. The van der Waals surface area contributed by atoms with E-state index in [1.165, 1.54) is 23.9 Å². The molecule has 2 unspecified atom stereocenters. The molecule has 212 valence electrons. The summed E-state index contributed by atoms with van der Waals surface area (Å²) in [7, 11) is 0. The van der Waals surface area contributed by atoms with Crippen LogP contribution in [-0.2, 0) is 23.8 Å². The lowest BCUT2D eigenvalue weighted by molar-refractivity contribution is -0.169. The fourth-order valence-corrected chi connectivity index (χ4v) is 6.26. The zero-order valence-corrected chi connectivity index (χ0v) is 24.4. The predicted molar refractivity (Wildman–Crippen MR) is 141 cm³/mol. The number of rotatable bonds is 6. The fraction of sp³-hybridized carbons (Fsp3) is 0.679. The lowest BCUT2D eigenvalue weighted by atomic mass is 9.80. The maximum absolute atomic E-state index is 14.0. The maximum atomic E-state index is 14.0. The number of carbonyl (C=O) groups excluding carboxylic acids is 3. The number of hydrogen-bond donors (Lipinski definition) is 2. The van der Waals surface area contributed by atoms with E-state index in [0.717, 1.165) is 4.90 Å². The average Bonchev–Trinajstić information content (AvgIpc) is 3.41. The quantitative estimate of drug-likeness (QED) is 0.296. The molecule has 2 aliphatic rings. The highest BCUT2D eigenvalue weighted by atomic mass is 32.2. The van der Waals surface area contributed by atoms with Crippen molar-refractivity contribution in [3.05, 3.63) is 30.1 Å². The van der Waals surface area contributed by atoms with E-state index in [-0.39, 0.29) is 11.6 Å². The molecule has 1 aromatic rings.